The van der Waals surface area contributed by atoms with Crippen LogP contribution in [0.15, 0.2) is 15.7 Å². The van der Waals surface area contributed by atoms with Gasteiger partial charge >= 0.3 is 11.8 Å². The molecule has 2 N–H and O–H groups in total. The number of rotatable bonds is 4. The van der Waals surface area contributed by atoms with Crippen LogP contribution in [0.5, 0.6) is 0 Å². The molecule has 3 rings (SSSR count). The number of nitrogens with zero attached hydrogens (tertiary/aromatic N) is 3. The molecule has 2 fully saturated rings. The van der Waals surface area contributed by atoms with Crippen molar-refractivity contribution in [1.29, 1.82) is 0 Å². The molecule has 0 bridgehead atoms. The van der Waals surface area contributed by atoms with E-state index < -0.39 is 17.3 Å². The number of aromatic nitrogens is 2. The molecule has 2 aliphatic heterocycles. The lowest BCUT2D eigenvalue weighted by Gasteiger charge is -2.23. The molecule has 0 spiro atoms. The van der Waals surface area contributed by atoms with E-state index in [1.54, 1.807) is 4.90 Å². The predicted octanol–water partition coefficient (Wildman–Crippen LogP) is -1.45. The number of aromatic amines is 2. The molecule has 0 aliphatic carbocycles. The molecule has 10 heteroatoms. The highest BCUT2D eigenvalue weighted by Crippen LogP contribution is 2.09. The summed E-state index contributed by atoms with van der Waals surface area (Å²) in [6, 6.07) is 1.37. The van der Waals surface area contributed by atoms with Crippen molar-refractivity contribution in [3.63, 3.8) is 0 Å². The molecule has 1 aromatic heterocycles. The Labute approximate surface area is 143 Å². The molecule has 0 aromatic carbocycles. The molecule has 0 atom stereocenters. The van der Waals surface area contributed by atoms with Crippen LogP contribution < -0.4 is 11.2 Å². The third-order valence-electron chi connectivity index (χ3n) is 4.32. The number of hydrogen-bond acceptors (Lipinski definition) is 6. The van der Waals surface area contributed by atoms with Crippen LogP contribution in [0.3, 0.4) is 0 Å². The second kappa shape index (κ2) is 7.51. The Balaban J connectivity index is 1.54. The van der Waals surface area contributed by atoms with Gasteiger partial charge in [0.05, 0.1) is 6.54 Å². The Morgan fingerprint density at radius 1 is 1.08 bits per heavy atom. The maximum atomic E-state index is 12.4. The van der Waals surface area contributed by atoms with Crippen LogP contribution in [-0.4, -0.2) is 82.5 Å². The number of H-pyrrole nitrogens is 2. The molecule has 136 valence electrons. The molecule has 0 saturated carbocycles. The van der Waals surface area contributed by atoms with Gasteiger partial charge < -0.3 is 14.6 Å². The minimum absolute atomic E-state index is 0.0419. The number of amides is 2. The van der Waals surface area contributed by atoms with Gasteiger partial charge in [-0.25, -0.2) is 9.59 Å². The first-order chi connectivity index (χ1) is 12.0. The van der Waals surface area contributed by atoms with Gasteiger partial charge in [0.1, 0.15) is 13.2 Å². The smallest absolute Gasteiger partial charge is 0.410 e. The van der Waals surface area contributed by atoms with Gasteiger partial charge in [0, 0.05) is 44.5 Å². The van der Waals surface area contributed by atoms with E-state index in [9.17, 15) is 19.2 Å². The SMILES string of the molecule is O=C(CN1CCOC1=O)N1CCCN(Cc2cc(=O)[nH]c(=O)[nH]2)CC1. The van der Waals surface area contributed by atoms with E-state index in [0.717, 1.165) is 13.0 Å². The summed E-state index contributed by atoms with van der Waals surface area (Å²) in [4.78, 5) is 56.5. The highest BCUT2D eigenvalue weighted by molar-refractivity contribution is 5.82. The Morgan fingerprint density at radius 3 is 2.64 bits per heavy atom. The average Bonchev–Trinajstić information content (AvgIpc) is 2.81. The molecule has 0 unspecified atom stereocenters. The van der Waals surface area contributed by atoms with Crippen molar-refractivity contribution in [2.75, 3.05) is 45.9 Å². The lowest BCUT2D eigenvalue weighted by molar-refractivity contribution is -0.131. The molecule has 2 aliphatic rings. The monoisotopic (exact) mass is 351 g/mol. The van der Waals surface area contributed by atoms with Crippen molar-refractivity contribution in [2.24, 2.45) is 0 Å². The summed E-state index contributed by atoms with van der Waals surface area (Å²) >= 11 is 0. The normalized spacial score (nSPS) is 19.0. The minimum atomic E-state index is -0.522. The molecule has 0 radical (unpaired) electrons. The molecule has 1 aromatic rings. The molecule has 2 amide bonds. The zero-order valence-electron chi connectivity index (χ0n) is 13.8. The first-order valence-electron chi connectivity index (χ1n) is 8.25. The van der Waals surface area contributed by atoms with E-state index >= 15 is 0 Å². The quantitative estimate of drug-likeness (QED) is 0.685. The topological polar surface area (TPSA) is 119 Å². The third-order valence-corrected chi connectivity index (χ3v) is 4.32. The number of carbonyl (C=O) groups excluding carboxylic acids is 2. The molecule has 3 heterocycles. The number of carbonyl (C=O) groups is 2. The molecule has 2 saturated heterocycles. The fraction of sp³-hybridized carbons (Fsp3) is 0.600. The van der Waals surface area contributed by atoms with Gasteiger partial charge in [0.15, 0.2) is 0 Å². The second-order valence-corrected chi connectivity index (χ2v) is 6.16. The van der Waals surface area contributed by atoms with Gasteiger partial charge in [-0.3, -0.25) is 24.4 Å². The van der Waals surface area contributed by atoms with Crippen LogP contribution in [0.2, 0.25) is 0 Å². The van der Waals surface area contributed by atoms with Crippen molar-refractivity contribution >= 4 is 12.0 Å². The van der Waals surface area contributed by atoms with Crippen molar-refractivity contribution in [3.8, 4) is 0 Å². The van der Waals surface area contributed by atoms with Crippen LogP contribution in [0.1, 0.15) is 12.1 Å². The molecule has 25 heavy (non-hydrogen) atoms. The highest BCUT2D eigenvalue weighted by Gasteiger charge is 2.27. The zero-order valence-corrected chi connectivity index (χ0v) is 13.8. The summed E-state index contributed by atoms with van der Waals surface area (Å²) in [7, 11) is 0. The third kappa shape index (κ3) is 4.47. The predicted molar refractivity (Wildman–Crippen MR) is 87.1 cm³/mol. The Bertz CT molecular complexity index is 729. The summed E-state index contributed by atoms with van der Waals surface area (Å²) in [6.45, 7) is 3.79. The summed E-state index contributed by atoms with van der Waals surface area (Å²) in [5, 5.41) is 0. The maximum Gasteiger partial charge on any atom is 0.410 e. The van der Waals surface area contributed by atoms with E-state index in [4.69, 9.17) is 4.74 Å². The number of cyclic esters (lactones) is 1. The number of ether oxygens (including phenoxy) is 1. The fourth-order valence-corrected chi connectivity index (χ4v) is 3.06. The van der Waals surface area contributed by atoms with Gasteiger partial charge in [-0.1, -0.05) is 0 Å². The van der Waals surface area contributed by atoms with Gasteiger partial charge in [0.25, 0.3) is 5.56 Å². The Kier molecular flexibility index (Phi) is 5.17. The first kappa shape index (κ1) is 17.2. The summed E-state index contributed by atoms with van der Waals surface area (Å²) < 4.78 is 4.83. The Hall–Kier alpha value is -2.62. The van der Waals surface area contributed by atoms with Crippen LogP contribution in [0.4, 0.5) is 4.79 Å². The van der Waals surface area contributed by atoms with E-state index in [-0.39, 0.29) is 12.5 Å². The Morgan fingerprint density at radius 2 is 1.92 bits per heavy atom. The van der Waals surface area contributed by atoms with E-state index in [0.29, 0.717) is 45.0 Å². The summed E-state index contributed by atoms with van der Waals surface area (Å²) in [6.07, 6.45) is 0.340. The van der Waals surface area contributed by atoms with Gasteiger partial charge in [-0.2, -0.15) is 0 Å². The molecular weight excluding hydrogens is 330 g/mol. The van der Waals surface area contributed by atoms with Crippen LogP contribution in [-0.2, 0) is 16.1 Å². The van der Waals surface area contributed by atoms with Crippen LogP contribution in [0, 0.1) is 0 Å². The highest BCUT2D eigenvalue weighted by atomic mass is 16.6. The first-order valence-corrected chi connectivity index (χ1v) is 8.25. The number of nitrogens with one attached hydrogen (secondary N) is 2. The number of hydrogen-bond donors (Lipinski definition) is 2. The van der Waals surface area contributed by atoms with Gasteiger partial charge in [-0.15, -0.1) is 0 Å². The lowest BCUT2D eigenvalue weighted by atomic mass is 10.3. The van der Waals surface area contributed by atoms with Gasteiger partial charge in [-0.05, 0) is 6.42 Å². The lowest BCUT2D eigenvalue weighted by Crippen LogP contribution is -2.42. The molecule has 10 nitrogen and oxygen atoms in total. The summed E-state index contributed by atoms with van der Waals surface area (Å²) in [5.41, 5.74) is -0.400. The van der Waals surface area contributed by atoms with Crippen molar-refractivity contribution in [1.82, 2.24) is 24.7 Å². The largest absolute Gasteiger partial charge is 0.448 e. The maximum absolute atomic E-state index is 12.4. The zero-order chi connectivity index (χ0) is 17.8. The fourth-order valence-electron chi connectivity index (χ4n) is 3.06. The standard InChI is InChI=1S/C15H21N5O5/c21-12-8-11(16-14(23)17-12)9-18-2-1-3-19(5-4-18)13(22)10-20-6-7-25-15(20)24/h8H,1-7,9-10H2,(H2,16,17,21,23). The molecular formula is C15H21N5O5. The van der Waals surface area contributed by atoms with Crippen molar-refractivity contribution in [2.45, 2.75) is 13.0 Å². The van der Waals surface area contributed by atoms with Crippen molar-refractivity contribution in [3.05, 3.63) is 32.6 Å². The van der Waals surface area contributed by atoms with Crippen LogP contribution in [0.25, 0.3) is 0 Å². The van der Waals surface area contributed by atoms with E-state index in [1.807, 2.05) is 0 Å². The van der Waals surface area contributed by atoms with Gasteiger partial charge in [0.2, 0.25) is 5.91 Å². The average molecular weight is 351 g/mol. The van der Waals surface area contributed by atoms with E-state index in [1.165, 1.54) is 11.0 Å². The summed E-state index contributed by atoms with van der Waals surface area (Å²) in [5.74, 6) is -0.0923. The second-order valence-electron chi connectivity index (χ2n) is 6.16. The van der Waals surface area contributed by atoms with Crippen molar-refractivity contribution < 1.29 is 14.3 Å². The van der Waals surface area contributed by atoms with Crippen LogP contribution >= 0.6 is 0 Å². The van der Waals surface area contributed by atoms with E-state index in [2.05, 4.69) is 14.9 Å². The minimum Gasteiger partial charge on any atom is -0.448 e.